The first kappa shape index (κ1) is 17.5. The number of ether oxygens (including phenoxy) is 2. The molecular formula is C20H20N2O4. The number of nitrogens with one attached hydrogen (secondary N) is 1. The van der Waals surface area contributed by atoms with E-state index in [1.165, 1.54) is 6.39 Å². The highest BCUT2D eigenvalue weighted by Gasteiger charge is 2.18. The molecule has 2 aromatic carbocycles. The number of oxazole rings is 1. The summed E-state index contributed by atoms with van der Waals surface area (Å²) in [6.07, 6.45) is 1.27. The van der Waals surface area contributed by atoms with E-state index >= 15 is 0 Å². The van der Waals surface area contributed by atoms with Crippen LogP contribution in [0.4, 0.5) is 0 Å². The summed E-state index contributed by atoms with van der Waals surface area (Å²) in [5, 5.41) is 2.87. The highest BCUT2D eigenvalue weighted by Crippen LogP contribution is 2.25. The number of aromatic nitrogens is 1. The van der Waals surface area contributed by atoms with E-state index in [4.69, 9.17) is 13.9 Å². The maximum atomic E-state index is 12.6. The van der Waals surface area contributed by atoms with Gasteiger partial charge in [-0.3, -0.25) is 4.79 Å². The Balaban J connectivity index is 1.74. The lowest BCUT2D eigenvalue weighted by Crippen LogP contribution is -2.24. The van der Waals surface area contributed by atoms with E-state index in [0.717, 1.165) is 22.6 Å². The monoisotopic (exact) mass is 352 g/mol. The summed E-state index contributed by atoms with van der Waals surface area (Å²) in [5.41, 5.74) is 1.89. The number of para-hydroxylation sites is 1. The number of rotatable bonds is 7. The van der Waals surface area contributed by atoms with Crippen molar-refractivity contribution in [3.63, 3.8) is 0 Å². The van der Waals surface area contributed by atoms with Crippen LogP contribution in [0, 0.1) is 0 Å². The highest BCUT2D eigenvalue weighted by atomic mass is 16.5. The quantitative estimate of drug-likeness (QED) is 0.702. The van der Waals surface area contributed by atoms with Crippen molar-refractivity contribution < 1.29 is 18.7 Å². The number of amides is 1. The molecule has 1 heterocycles. The van der Waals surface area contributed by atoms with Gasteiger partial charge in [-0.05, 0) is 37.3 Å². The third-order valence-electron chi connectivity index (χ3n) is 3.85. The molecule has 0 atom stereocenters. The molecule has 1 aromatic heterocycles. The van der Waals surface area contributed by atoms with Crippen molar-refractivity contribution in [2.24, 2.45) is 0 Å². The fraction of sp³-hybridized carbons (Fsp3) is 0.200. The van der Waals surface area contributed by atoms with Gasteiger partial charge in [-0.2, -0.15) is 0 Å². The second-order valence-electron chi connectivity index (χ2n) is 5.48. The second kappa shape index (κ2) is 8.20. The number of carbonyl (C=O) groups is 1. The Labute approximate surface area is 151 Å². The lowest BCUT2D eigenvalue weighted by Gasteiger charge is -2.10. The normalized spacial score (nSPS) is 10.4. The molecule has 0 aliphatic carbocycles. The van der Waals surface area contributed by atoms with Crippen molar-refractivity contribution in [3.05, 3.63) is 66.2 Å². The van der Waals surface area contributed by atoms with Crippen LogP contribution in [0.1, 0.15) is 23.0 Å². The first-order chi connectivity index (χ1) is 12.7. The molecule has 6 heteroatoms. The lowest BCUT2D eigenvalue weighted by molar-refractivity contribution is 0.0946. The van der Waals surface area contributed by atoms with Gasteiger partial charge < -0.3 is 19.2 Å². The first-order valence-corrected chi connectivity index (χ1v) is 8.29. The molecule has 0 bridgehead atoms. The number of hydrogen-bond acceptors (Lipinski definition) is 5. The molecule has 0 saturated carbocycles. The zero-order valence-electron chi connectivity index (χ0n) is 14.7. The summed E-state index contributed by atoms with van der Waals surface area (Å²) in [6, 6.07) is 14.8. The van der Waals surface area contributed by atoms with Gasteiger partial charge in [-0.1, -0.05) is 18.2 Å². The molecule has 6 nitrogen and oxygen atoms in total. The maximum Gasteiger partial charge on any atom is 0.274 e. The van der Waals surface area contributed by atoms with Gasteiger partial charge in [0.2, 0.25) is 0 Å². The molecule has 0 aliphatic rings. The maximum absolute atomic E-state index is 12.6. The average Bonchev–Trinajstić information content (AvgIpc) is 3.17. The summed E-state index contributed by atoms with van der Waals surface area (Å²) in [4.78, 5) is 16.6. The minimum absolute atomic E-state index is 0.240. The van der Waals surface area contributed by atoms with Crippen LogP contribution < -0.4 is 14.8 Å². The van der Waals surface area contributed by atoms with Crippen LogP contribution in [-0.2, 0) is 6.54 Å². The predicted octanol–water partition coefficient (Wildman–Crippen LogP) is 3.68. The van der Waals surface area contributed by atoms with Crippen molar-refractivity contribution in [1.29, 1.82) is 0 Å². The van der Waals surface area contributed by atoms with Crippen LogP contribution in [0.5, 0.6) is 11.5 Å². The van der Waals surface area contributed by atoms with Gasteiger partial charge in [0, 0.05) is 17.7 Å². The minimum atomic E-state index is -0.309. The fourth-order valence-corrected chi connectivity index (χ4v) is 2.56. The molecular weight excluding hydrogens is 332 g/mol. The van der Waals surface area contributed by atoms with Crippen molar-refractivity contribution >= 4 is 5.91 Å². The Morgan fingerprint density at radius 2 is 1.92 bits per heavy atom. The molecule has 0 fully saturated rings. The van der Waals surface area contributed by atoms with Crippen LogP contribution >= 0.6 is 0 Å². The number of hydrogen-bond donors (Lipinski definition) is 1. The van der Waals surface area contributed by atoms with Gasteiger partial charge in [0.05, 0.1) is 13.7 Å². The second-order valence-corrected chi connectivity index (χ2v) is 5.48. The van der Waals surface area contributed by atoms with Gasteiger partial charge in [-0.15, -0.1) is 0 Å². The van der Waals surface area contributed by atoms with E-state index < -0.39 is 0 Å². The summed E-state index contributed by atoms with van der Waals surface area (Å²) in [7, 11) is 1.60. The van der Waals surface area contributed by atoms with Crippen molar-refractivity contribution in [2.45, 2.75) is 13.5 Å². The highest BCUT2D eigenvalue weighted by molar-refractivity contribution is 5.97. The van der Waals surface area contributed by atoms with Crippen LogP contribution in [-0.4, -0.2) is 24.6 Å². The Kier molecular flexibility index (Phi) is 5.53. The predicted molar refractivity (Wildman–Crippen MR) is 97.3 cm³/mol. The van der Waals surface area contributed by atoms with Gasteiger partial charge >= 0.3 is 0 Å². The van der Waals surface area contributed by atoms with E-state index in [-0.39, 0.29) is 11.6 Å². The molecule has 0 aliphatic heterocycles. The number of nitrogens with zero attached hydrogens (tertiary/aromatic N) is 1. The molecule has 0 unspecified atom stereocenters. The smallest absolute Gasteiger partial charge is 0.274 e. The number of benzene rings is 2. The average molecular weight is 352 g/mol. The molecule has 3 rings (SSSR count). The Hall–Kier alpha value is -3.28. The van der Waals surface area contributed by atoms with Gasteiger partial charge in [0.15, 0.2) is 17.8 Å². The summed E-state index contributed by atoms with van der Waals surface area (Å²) < 4.78 is 16.1. The third kappa shape index (κ3) is 3.85. The lowest BCUT2D eigenvalue weighted by atomic mass is 10.1. The third-order valence-corrected chi connectivity index (χ3v) is 3.85. The van der Waals surface area contributed by atoms with Crippen LogP contribution in [0.25, 0.3) is 11.3 Å². The Bertz CT molecular complexity index is 872. The fourth-order valence-electron chi connectivity index (χ4n) is 2.56. The largest absolute Gasteiger partial charge is 0.497 e. The molecule has 1 amide bonds. The van der Waals surface area contributed by atoms with Gasteiger partial charge in [0.25, 0.3) is 5.91 Å². The van der Waals surface area contributed by atoms with Crippen molar-refractivity contribution in [1.82, 2.24) is 10.3 Å². The van der Waals surface area contributed by atoms with E-state index in [2.05, 4.69) is 10.3 Å². The number of methoxy groups -OCH3 is 1. The van der Waals surface area contributed by atoms with E-state index in [9.17, 15) is 4.79 Å². The van der Waals surface area contributed by atoms with Crippen molar-refractivity contribution in [3.8, 4) is 22.8 Å². The van der Waals surface area contributed by atoms with Crippen LogP contribution in [0.2, 0.25) is 0 Å². The minimum Gasteiger partial charge on any atom is -0.497 e. The number of carbonyl (C=O) groups excluding carboxylic acids is 1. The van der Waals surface area contributed by atoms with Crippen LogP contribution in [0.3, 0.4) is 0 Å². The first-order valence-electron chi connectivity index (χ1n) is 8.29. The molecule has 0 radical (unpaired) electrons. The van der Waals surface area contributed by atoms with E-state index in [1.54, 1.807) is 19.2 Å². The standard InChI is InChI=1S/C20H20N2O4/c1-3-25-17-7-5-4-6-15(17)12-21-20(23)18-19(26-13-22-18)14-8-10-16(24-2)11-9-14/h4-11,13H,3,12H2,1-2H3,(H,21,23). The van der Waals surface area contributed by atoms with Gasteiger partial charge in [-0.25, -0.2) is 4.98 Å². The Morgan fingerprint density at radius 3 is 2.65 bits per heavy atom. The molecule has 3 aromatic rings. The van der Waals surface area contributed by atoms with E-state index in [1.807, 2.05) is 43.3 Å². The molecule has 134 valence electrons. The summed E-state index contributed by atoms with van der Waals surface area (Å²) >= 11 is 0. The van der Waals surface area contributed by atoms with Gasteiger partial charge in [0.1, 0.15) is 11.5 Å². The SMILES string of the molecule is CCOc1ccccc1CNC(=O)c1ncoc1-c1ccc(OC)cc1. The summed E-state index contributed by atoms with van der Waals surface area (Å²) in [5.74, 6) is 1.59. The molecule has 1 N–H and O–H groups in total. The molecule has 26 heavy (non-hydrogen) atoms. The summed E-state index contributed by atoms with van der Waals surface area (Å²) in [6.45, 7) is 2.83. The topological polar surface area (TPSA) is 73.6 Å². The zero-order chi connectivity index (χ0) is 18.4. The molecule has 0 spiro atoms. The van der Waals surface area contributed by atoms with Crippen molar-refractivity contribution in [2.75, 3.05) is 13.7 Å². The van der Waals surface area contributed by atoms with Crippen LogP contribution in [0.15, 0.2) is 59.3 Å². The van der Waals surface area contributed by atoms with E-state index in [0.29, 0.717) is 18.9 Å². The zero-order valence-corrected chi connectivity index (χ0v) is 14.7. The molecule has 0 saturated heterocycles. The Morgan fingerprint density at radius 1 is 1.15 bits per heavy atom.